The highest BCUT2D eigenvalue weighted by atomic mass is 32.2. The minimum absolute atomic E-state index is 0.109. The van der Waals surface area contributed by atoms with Crippen LogP contribution in [-0.2, 0) is 15.8 Å². The van der Waals surface area contributed by atoms with Gasteiger partial charge in [0.15, 0.2) is 6.61 Å². The van der Waals surface area contributed by atoms with E-state index in [1.54, 1.807) is 0 Å². The molecule has 1 aromatic heterocycles. The minimum Gasteiger partial charge on any atom is -0.468 e. The standard InChI is InChI=1S/C15H14F3N3O4S/c16-15(17,18)9-25-13-6-3-11(7-20-13)14(22)21-12-4-1-10(2-5-12)8-26(19,23)24/h1-7H,8-9H2,(H,21,22)(H2,19,23,24). The normalized spacial score (nSPS) is 11.8. The number of halogens is 3. The second kappa shape index (κ2) is 7.70. The van der Waals surface area contributed by atoms with Gasteiger partial charge in [-0.3, -0.25) is 4.79 Å². The lowest BCUT2D eigenvalue weighted by Gasteiger charge is -2.09. The van der Waals surface area contributed by atoms with Gasteiger partial charge in [-0.1, -0.05) is 12.1 Å². The number of alkyl halides is 3. The van der Waals surface area contributed by atoms with Gasteiger partial charge in [-0.2, -0.15) is 13.2 Å². The smallest absolute Gasteiger partial charge is 0.422 e. The van der Waals surface area contributed by atoms with Crippen molar-refractivity contribution in [2.24, 2.45) is 5.14 Å². The number of carbonyl (C=O) groups is 1. The highest BCUT2D eigenvalue weighted by Gasteiger charge is 2.28. The average molecular weight is 389 g/mol. The summed E-state index contributed by atoms with van der Waals surface area (Å²) >= 11 is 0. The van der Waals surface area contributed by atoms with Crippen LogP contribution in [0.25, 0.3) is 0 Å². The van der Waals surface area contributed by atoms with Crippen molar-refractivity contribution in [1.82, 2.24) is 4.98 Å². The number of aromatic nitrogens is 1. The summed E-state index contributed by atoms with van der Waals surface area (Å²) in [6, 6.07) is 8.39. The molecule has 0 atom stereocenters. The number of primary sulfonamides is 1. The molecule has 0 saturated heterocycles. The molecule has 0 bridgehead atoms. The van der Waals surface area contributed by atoms with Crippen LogP contribution in [0.3, 0.4) is 0 Å². The highest BCUT2D eigenvalue weighted by molar-refractivity contribution is 7.88. The predicted molar refractivity (Wildman–Crippen MR) is 87.0 cm³/mol. The molecule has 0 spiro atoms. The number of sulfonamides is 1. The summed E-state index contributed by atoms with van der Waals surface area (Å²) < 4.78 is 62.6. The number of ether oxygens (including phenoxy) is 1. The SMILES string of the molecule is NS(=O)(=O)Cc1ccc(NC(=O)c2ccc(OCC(F)(F)F)nc2)cc1. The van der Waals surface area contributed by atoms with Gasteiger partial charge in [0.05, 0.1) is 11.3 Å². The quantitative estimate of drug-likeness (QED) is 0.786. The largest absolute Gasteiger partial charge is 0.468 e. The fraction of sp³-hybridized carbons (Fsp3) is 0.200. The van der Waals surface area contributed by atoms with Crippen molar-refractivity contribution >= 4 is 21.6 Å². The van der Waals surface area contributed by atoms with Crippen LogP contribution in [0.2, 0.25) is 0 Å². The maximum atomic E-state index is 12.1. The van der Waals surface area contributed by atoms with Crippen LogP contribution < -0.4 is 15.2 Å². The van der Waals surface area contributed by atoms with Crippen LogP contribution in [0.5, 0.6) is 5.88 Å². The third kappa shape index (κ3) is 6.69. The molecule has 0 aliphatic carbocycles. The van der Waals surface area contributed by atoms with Gasteiger partial charge in [-0.25, -0.2) is 18.5 Å². The first-order chi connectivity index (χ1) is 12.0. The van der Waals surface area contributed by atoms with Gasteiger partial charge in [0.25, 0.3) is 5.91 Å². The number of amides is 1. The van der Waals surface area contributed by atoms with E-state index in [1.807, 2.05) is 0 Å². The van der Waals surface area contributed by atoms with E-state index in [0.717, 1.165) is 12.3 Å². The Morgan fingerprint density at radius 3 is 2.31 bits per heavy atom. The zero-order valence-electron chi connectivity index (χ0n) is 13.2. The fourth-order valence-electron chi connectivity index (χ4n) is 1.88. The number of rotatable bonds is 6. The number of carbonyl (C=O) groups excluding carboxylic acids is 1. The topological polar surface area (TPSA) is 111 Å². The first-order valence-electron chi connectivity index (χ1n) is 7.08. The summed E-state index contributed by atoms with van der Waals surface area (Å²) in [7, 11) is -3.65. The van der Waals surface area contributed by atoms with Gasteiger partial charge in [0, 0.05) is 18.0 Å². The molecule has 1 heterocycles. The van der Waals surface area contributed by atoms with Gasteiger partial charge in [-0.05, 0) is 23.8 Å². The average Bonchev–Trinajstić information content (AvgIpc) is 2.53. The lowest BCUT2D eigenvalue weighted by atomic mass is 10.2. The Bertz CT molecular complexity index is 867. The van der Waals surface area contributed by atoms with Crippen LogP contribution in [0, 0.1) is 0 Å². The van der Waals surface area contributed by atoms with E-state index in [9.17, 15) is 26.4 Å². The molecule has 0 aliphatic heterocycles. The zero-order chi connectivity index (χ0) is 19.4. The first kappa shape index (κ1) is 19.7. The third-order valence-electron chi connectivity index (χ3n) is 2.96. The van der Waals surface area contributed by atoms with Crippen molar-refractivity contribution in [3.05, 3.63) is 53.7 Å². The van der Waals surface area contributed by atoms with Crippen LogP contribution in [0.15, 0.2) is 42.6 Å². The lowest BCUT2D eigenvalue weighted by Crippen LogP contribution is -2.19. The number of nitrogens with two attached hydrogens (primary N) is 1. The summed E-state index contributed by atoms with van der Waals surface area (Å²) in [5.74, 6) is -1.13. The molecule has 1 amide bonds. The molecule has 0 aliphatic rings. The van der Waals surface area contributed by atoms with E-state index in [4.69, 9.17) is 5.14 Å². The molecule has 2 aromatic rings. The molecule has 1 aromatic carbocycles. The molecule has 7 nitrogen and oxygen atoms in total. The lowest BCUT2D eigenvalue weighted by molar-refractivity contribution is -0.154. The number of pyridine rings is 1. The Morgan fingerprint density at radius 2 is 1.81 bits per heavy atom. The summed E-state index contributed by atoms with van der Waals surface area (Å²) in [6.45, 7) is -1.48. The van der Waals surface area contributed by atoms with Crippen LogP contribution >= 0.6 is 0 Å². The van der Waals surface area contributed by atoms with Gasteiger partial charge >= 0.3 is 6.18 Å². The van der Waals surface area contributed by atoms with E-state index in [1.165, 1.54) is 30.3 Å². The molecular weight excluding hydrogens is 375 g/mol. The number of hydrogen-bond donors (Lipinski definition) is 2. The number of nitrogens with one attached hydrogen (secondary N) is 1. The van der Waals surface area contributed by atoms with Crippen molar-refractivity contribution in [3.8, 4) is 5.88 Å². The highest BCUT2D eigenvalue weighted by Crippen LogP contribution is 2.17. The van der Waals surface area contributed by atoms with Gasteiger partial charge in [-0.15, -0.1) is 0 Å². The molecule has 0 radical (unpaired) electrons. The first-order valence-corrected chi connectivity index (χ1v) is 8.80. The molecule has 0 fully saturated rings. The van der Waals surface area contributed by atoms with Gasteiger partial charge in [0.1, 0.15) is 0 Å². The van der Waals surface area contributed by atoms with E-state index in [0.29, 0.717) is 11.3 Å². The second-order valence-electron chi connectivity index (χ2n) is 5.25. The van der Waals surface area contributed by atoms with Gasteiger partial charge < -0.3 is 10.1 Å². The second-order valence-corrected chi connectivity index (χ2v) is 6.86. The van der Waals surface area contributed by atoms with Crippen LogP contribution in [-0.4, -0.2) is 32.1 Å². The van der Waals surface area contributed by atoms with Gasteiger partial charge in [0.2, 0.25) is 15.9 Å². The maximum Gasteiger partial charge on any atom is 0.422 e. The molecule has 0 saturated carbocycles. The summed E-state index contributed by atoms with van der Waals surface area (Å²) in [5.41, 5.74) is 0.960. The Morgan fingerprint density at radius 1 is 1.15 bits per heavy atom. The van der Waals surface area contributed by atoms with E-state index >= 15 is 0 Å². The van der Waals surface area contributed by atoms with Crippen LogP contribution in [0.1, 0.15) is 15.9 Å². The van der Waals surface area contributed by atoms with Crippen molar-refractivity contribution in [2.45, 2.75) is 11.9 Å². The number of anilines is 1. The Labute approximate surface area is 147 Å². The Kier molecular flexibility index (Phi) is 5.83. The molecule has 26 heavy (non-hydrogen) atoms. The third-order valence-corrected chi connectivity index (χ3v) is 3.70. The number of benzene rings is 1. The molecule has 0 unspecified atom stereocenters. The molecule has 3 N–H and O–H groups in total. The van der Waals surface area contributed by atoms with E-state index in [-0.39, 0.29) is 17.2 Å². The van der Waals surface area contributed by atoms with Crippen LogP contribution in [0.4, 0.5) is 18.9 Å². The predicted octanol–water partition coefficient (Wildman–Crippen LogP) is 2.06. The number of nitrogens with zero attached hydrogens (tertiary/aromatic N) is 1. The van der Waals surface area contributed by atoms with Crippen molar-refractivity contribution in [3.63, 3.8) is 0 Å². The Hall–Kier alpha value is -2.66. The Balaban J connectivity index is 1.97. The molecule has 140 valence electrons. The molecule has 11 heteroatoms. The summed E-state index contributed by atoms with van der Waals surface area (Å²) in [5, 5.41) is 7.49. The maximum absolute atomic E-state index is 12.1. The number of hydrogen-bond acceptors (Lipinski definition) is 5. The monoisotopic (exact) mass is 389 g/mol. The van der Waals surface area contributed by atoms with E-state index < -0.39 is 28.7 Å². The molecular formula is C15H14F3N3O4S. The fourth-order valence-corrected chi connectivity index (χ4v) is 2.53. The summed E-state index contributed by atoms with van der Waals surface area (Å²) in [6.07, 6.45) is -3.40. The van der Waals surface area contributed by atoms with Crippen molar-refractivity contribution < 1.29 is 31.1 Å². The summed E-state index contributed by atoms with van der Waals surface area (Å²) in [4.78, 5) is 15.7. The zero-order valence-corrected chi connectivity index (χ0v) is 14.0. The molecule has 2 rings (SSSR count). The van der Waals surface area contributed by atoms with E-state index in [2.05, 4.69) is 15.0 Å². The minimum atomic E-state index is -4.48. The van der Waals surface area contributed by atoms with Crippen molar-refractivity contribution in [1.29, 1.82) is 0 Å². The van der Waals surface area contributed by atoms with Crippen molar-refractivity contribution in [2.75, 3.05) is 11.9 Å².